The molecule has 0 unspecified atom stereocenters. The second-order valence-electron chi connectivity index (χ2n) is 5.16. The number of anilines is 1. The largest absolute Gasteiger partial charge is 0.398 e. The summed E-state index contributed by atoms with van der Waals surface area (Å²) in [5, 5.41) is 0. The molecule has 0 atom stereocenters. The minimum absolute atomic E-state index is 0.0107. The highest BCUT2D eigenvalue weighted by Gasteiger charge is 2.04. The van der Waals surface area contributed by atoms with E-state index < -0.39 is 0 Å². The van der Waals surface area contributed by atoms with Crippen LogP contribution in [-0.4, -0.2) is 23.1 Å². The highest BCUT2D eigenvalue weighted by molar-refractivity contribution is 5.33. The van der Waals surface area contributed by atoms with E-state index in [1.165, 1.54) is 17.2 Å². The van der Waals surface area contributed by atoms with E-state index in [1.807, 2.05) is 6.07 Å². The van der Waals surface area contributed by atoms with Gasteiger partial charge < -0.3 is 15.2 Å². The van der Waals surface area contributed by atoms with Gasteiger partial charge in [-0.05, 0) is 31.2 Å². The maximum Gasteiger partial charge on any atom is 0.250 e. The van der Waals surface area contributed by atoms with E-state index in [0.717, 1.165) is 13.1 Å². The first-order chi connectivity index (χ1) is 9.56. The van der Waals surface area contributed by atoms with Crippen LogP contribution >= 0.6 is 0 Å². The van der Waals surface area contributed by atoms with Gasteiger partial charge in [0.05, 0.1) is 0 Å². The zero-order valence-corrected chi connectivity index (χ0v) is 12.0. The SMILES string of the molecule is Cc1ccccc1CN(C)CCn1cc(N)ccc1=O. The van der Waals surface area contributed by atoms with Gasteiger partial charge in [-0.15, -0.1) is 0 Å². The van der Waals surface area contributed by atoms with Crippen molar-refractivity contribution in [1.82, 2.24) is 9.47 Å². The normalized spacial score (nSPS) is 10.9. The predicted molar refractivity (Wildman–Crippen MR) is 82.6 cm³/mol. The van der Waals surface area contributed by atoms with Gasteiger partial charge in [-0.25, -0.2) is 0 Å². The van der Waals surface area contributed by atoms with E-state index in [4.69, 9.17) is 5.73 Å². The highest BCUT2D eigenvalue weighted by Crippen LogP contribution is 2.09. The Bertz CT molecular complexity index is 634. The van der Waals surface area contributed by atoms with E-state index in [2.05, 4.69) is 37.1 Å². The Balaban J connectivity index is 1.96. The molecule has 4 heteroatoms. The lowest BCUT2D eigenvalue weighted by atomic mass is 10.1. The zero-order valence-electron chi connectivity index (χ0n) is 12.0. The molecule has 2 N–H and O–H groups in total. The van der Waals surface area contributed by atoms with Crippen LogP contribution in [0.3, 0.4) is 0 Å². The van der Waals surface area contributed by atoms with Crippen LogP contribution in [0.4, 0.5) is 5.69 Å². The fourth-order valence-electron chi connectivity index (χ4n) is 2.16. The summed E-state index contributed by atoms with van der Waals surface area (Å²) in [6, 6.07) is 11.5. The van der Waals surface area contributed by atoms with Crippen molar-refractivity contribution in [1.29, 1.82) is 0 Å². The van der Waals surface area contributed by atoms with E-state index in [1.54, 1.807) is 16.8 Å². The summed E-state index contributed by atoms with van der Waals surface area (Å²) >= 11 is 0. The molecule has 2 rings (SSSR count). The van der Waals surface area contributed by atoms with Crippen molar-refractivity contribution in [3.63, 3.8) is 0 Å². The molecule has 0 saturated carbocycles. The molecule has 0 radical (unpaired) electrons. The van der Waals surface area contributed by atoms with Crippen molar-refractivity contribution in [3.05, 3.63) is 64.1 Å². The summed E-state index contributed by atoms with van der Waals surface area (Å²) in [4.78, 5) is 13.9. The molecule has 0 bridgehead atoms. The molecule has 2 aromatic rings. The molecule has 0 aliphatic rings. The van der Waals surface area contributed by atoms with Crippen molar-refractivity contribution in [3.8, 4) is 0 Å². The number of hydrogen-bond donors (Lipinski definition) is 1. The molecule has 4 nitrogen and oxygen atoms in total. The Hall–Kier alpha value is -2.07. The molecule has 20 heavy (non-hydrogen) atoms. The highest BCUT2D eigenvalue weighted by atomic mass is 16.1. The van der Waals surface area contributed by atoms with Crippen molar-refractivity contribution < 1.29 is 0 Å². The maximum atomic E-state index is 11.7. The van der Waals surface area contributed by atoms with E-state index in [0.29, 0.717) is 12.2 Å². The molecule has 0 amide bonds. The van der Waals surface area contributed by atoms with Gasteiger partial charge in [-0.3, -0.25) is 4.79 Å². The minimum atomic E-state index is -0.0107. The van der Waals surface area contributed by atoms with E-state index >= 15 is 0 Å². The summed E-state index contributed by atoms with van der Waals surface area (Å²) in [5.41, 5.74) is 8.92. The predicted octanol–water partition coefficient (Wildman–Crippen LogP) is 1.87. The minimum Gasteiger partial charge on any atom is -0.398 e. The summed E-state index contributed by atoms with van der Waals surface area (Å²) in [6.07, 6.45) is 1.70. The lowest BCUT2D eigenvalue weighted by molar-refractivity contribution is 0.309. The van der Waals surface area contributed by atoms with Gasteiger partial charge in [-0.2, -0.15) is 0 Å². The average molecular weight is 271 g/mol. The fraction of sp³-hybridized carbons (Fsp3) is 0.312. The molecule has 1 aromatic heterocycles. The van der Waals surface area contributed by atoms with Gasteiger partial charge in [-0.1, -0.05) is 24.3 Å². The molecule has 0 spiro atoms. The number of benzene rings is 1. The Morgan fingerprint density at radius 2 is 1.95 bits per heavy atom. The van der Waals surface area contributed by atoms with Crippen molar-refractivity contribution in [2.45, 2.75) is 20.0 Å². The second-order valence-corrected chi connectivity index (χ2v) is 5.16. The number of nitrogens with two attached hydrogens (primary N) is 1. The Morgan fingerprint density at radius 1 is 1.20 bits per heavy atom. The van der Waals surface area contributed by atoms with Crippen molar-refractivity contribution in [2.24, 2.45) is 0 Å². The third kappa shape index (κ3) is 3.71. The molecule has 0 aliphatic heterocycles. The van der Waals surface area contributed by atoms with Gasteiger partial charge in [0.15, 0.2) is 0 Å². The van der Waals surface area contributed by atoms with Gasteiger partial charge in [0.25, 0.3) is 5.56 Å². The van der Waals surface area contributed by atoms with Crippen molar-refractivity contribution >= 4 is 5.69 Å². The number of aromatic nitrogens is 1. The van der Waals surface area contributed by atoms with Crippen LogP contribution in [0.15, 0.2) is 47.4 Å². The van der Waals surface area contributed by atoms with E-state index in [-0.39, 0.29) is 5.56 Å². The molecular weight excluding hydrogens is 250 g/mol. The number of pyridine rings is 1. The number of nitrogens with zero attached hydrogens (tertiary/aromatic N) is 2. The monoisotopic (exact) mass is 271 g/mol. The lowest BCUT2D eigenvalue weighted by Crippen LogP contribution is -2.28. The zero-order chi connectivity index (χ0) is 14.5. The number of rotatable bonds is 5. The maximum absolute atomic E-state index is 11.7. The van der Waals surface area contributed by atoms with Crippen LogP contribution in [0.2, 0.25) is 0 Å². The summed E-state index contributed by atoms with van der Waals surface area (Å²) in [7, 11) is 2.06. The number of aryl methyl sites for hydroxylation is 1. The van der Waals surface area contributed by atoms with Crippen LogP contribution in [0, 0.1) is 6.92 Å². The summed E-state index contributed by atoms with van der Waals surface area (Å²) in [5.74, 6) is 0. The Morgan fingerprint density at radius 3 is 2.70 bits per heavy atom. The first-order valence-electron chi connectivity index (χ1n) is 6.75. The van der Waals surface area contributed by atoms with Crippen LogP contribution in [0.1, 0.15) is 11.1 Å². The Labute approximate surface area is 119 Å². The smallest absolute Gasteiger partial charge is 0.250 e. The summed E-state index contributed by atoms with van der Waals surface area (Å²) in [6.45, 7) is 4.44. The standard InChI is InChI=1S/C16H21N3O/c1-13-5-3-4-6-14(13)11-18(2)9-10-19-12-15(17)7-8-16(19)20/h3-8,12H,9-11,17H2,1-2H3. The number of hydrogen-bond acceptors (Lipinski definition) is 3. The average Bonchev–Trinajstić information content (AvgIpc) is 2.42. The fourth-order valence-corrected chi connectivity index (χ4v) is 2.16. The third-order valence-corrected chi connectivity index (χ3v) is 3.43. The second kappa shape index (κ2) is 6.39. The van der Waals surface area contributed by atoms with Gasteiger partial charge in [0, 0.05) is 37.6 Å². The third-order valence-electron chi connectivity index (χ3n) is 3.43. The molecular formula is C16H21N3O. The van der Waals surface area contributed by atoms with Crippen LogP contribution in [0.25, 0.3) is 0 Å². The molecule has 1 heterocycles. The molecule has 1 aromatic carbocycles. The Kier molecular flexibility index (Phi) is 4.58. The topological polar surface area (TPSA) is 51.3 Å². The van der Waals surface area contributed by atoms with Crippen LogP contribution < -0.4 is 11.3 Å². The van der Waals surface area contributed by atoms with Gasteiger partial charge in [0.1, 0.15) is 0 Å². The first-order valence-corrected chi connectivity index (χ1v) is 6.75. The summed E-state index contributed by atoms with van der Waals surface area (Å²) < 4.78 is 1.66. The molecule has 0 fully saturated rings. The molecule has 106 valence electrons. The molecule has 0 aliphatic carbocycles. The quantitative estimate of drug-likeness (QED) is 0.903. The van der Waals surface area contributed by atoms with Crippen LogP contribution in [-0.2, 0) is 13.1 Å². The number of nitrogen functional groups attached to an aromatic ring is 1. The van der Waals surface area contributed by atoms with Crippen LogP contribution in [0.5, 0.6) is 0 Å². The van der Waals surface area contributed by atoms with E-state index in [9.17, 15) is 4.79 Å². The lowest BCUT2D eigenvalue weighted by Gasteiger charge is -2.18. The molecule has 0 saturated heterocycles. The van der Waals surface area contributed by atoms with Crippen molar-refractivity contribution in [2.75, 3.05) is 19.3 Å². The number of likely N-dealkylation sites (N-methyl/N-ethyl adjacent to an activating group) is 1. The van der Waals surface area contributed by atoms with Gasteiger partial charge >= 0.3 is 0 Å². The van der Waals surface area contributed by atoms with Gasteiger partial charge in [0.2, 0.25) is 0 Å². The first kappa shape index (κ1) is 14.3.